The van der Waals surface area contributed by atoms with Crippen LogP contribution in [0.3, 0.4) is 0 Å². The number of aromatic nitrogens is 3. The average molecular weight is 314 g/mol. The van der Waals surface area contributed by atoms with E-state index in [1.165, 1.54) is 16.7 Å². The predicted molar refractivity (Wildman–Crippen MR) is 93.4 cm³/mol. The molecule has 0 aliphatic carbocycles. The first-order valence-corrected chi connectivity index (χ1v) is 8.01. The topological polar surface area (TPSA) is 67.1 Å². The van der Waals surface area contributed by atoms with E-state index in [9.17, 15) is 0 Å². The molecule has 1 heterocycles. The maximum Gasteiger partial charge on any atom is 0.191 e. The summed E-state index contributed by atoms with van der Waals surface area (Å²) in [5, 5.41) is 10.7. The Morgan fingerprint density at radius 1 is 1.26 bits per heavy atom. The van der Waals surface area contributed by atoms with Crippen LogP contribution < -0.4 is 10.6 Å². The number of aryl methyl sites for hydroxylation is 3. The number of guanidine groups is 1. The second-order valence-electron chi connectivity index (χ2n) is 5.60. The van der Waals surface area contributed by atoms with Gasteiger partial charge in [-0.05, 0) is 38.3 Å². The Bertz CT molecular complexity index is 659. The maximum atomic E-state index is 4.56. The summed E-state index contributed by atoms with van der Waals surface area (Å²) in [4.78, 5) is 8.74. The van der Waals surface area contributed by atoms with E-state index in [1.807, 2.05) is 7.05 Å². The van der Waals surface area contributed by atoms with Crippen LogP contribution in [0.5, 0.6) is 0 Å². The molecule has 2 aromatic rings. The molecule has 1 aromatic heterocycles. The highest BCUT2D eigenvalue weighted by Gasteiger charge is 2.03. The Hall–Kier alpha value is -2.37. The number of hydrogen-bond donors (Lipinski definition) is 2. The summed E-state index contributed by atoms with van der Waals surface area (Å²) < 4.78 is 1.74. The molecule has 0 aliphatic heterocycles. The number of nitrogens with zero attached hydrogens (tertiary/aromatic N) is 4. The van der Waals surface area contributed by atoms with Gasteiger partial charge < -0.3 is 10.6 Å². The first-order valence-electron chi connectivity index (χ1n) is 8.01. The molecule has 0 amide bonds. The number of hydrogen-bond acceptors (Lipinski definition) is 3. The lowest BCUT2D eigenvalue weighted by Crippen LogP contribution is -2.38. The largest absolute Gasteiger partial charge is 0.357 e. The van der Waals surface area contributed by atoms with Gasteiger partial charge in [-0.3, -0.25) is 4.68 Å². The van der Waals surface area contributed by atoms with Crippen LogP contribution in [-0.4, -0.2) is 33.8 Å². The quantitative estimate of drug-likeness (QED) is 0.629. The fourth-order valence-corrected chi connectivity index (χ4v) is 2.40. The predicted octanol–water partition coefficient (Wildman–Crippen LogP) is 1.73. The van der Waals surface area contributed by atoms with Gasteiger partial charge in [-0.15, -0.1) is 0 Å². The van der Waals surface area contributed by atoms with Gasteiger partial charge in [0.05, 0.1) is 0 Å². The summed E-state index contributed by atoms with van der Waals surface area (Å²) >= 11 is 0. The van der Waals surface area contributed by atoms with E-state index in [-0.39, 0.29) is 0 Å². The highest BCUT2D eigenvalue weighted by Crippen LogP contribution is 2.10. The lowest BCUT2D eigenvalue weighted by atomic mass is 10.0. The van der Waals surface area contributed by atoms with E-state index in [0.717, 1.165) is 31.3 Å². The Balaban J connectivity index is 1.90. The summed E-state index contributed by atoms with van der Waals surface area (Å²) in [7, 11) is 1.87. The third kappa shape index (κ3) is 5.09. The first kappa shape index (κ1) is 17.0. The second kappa shape index (κ2) is 8.31. The van der Waals surface area contributed by atoms with Crippen LogP contribution in [0.15, 0.2) is 29.5 Å². The Morgan fingerprint density at radius 3 is 2.74 bits per heavy atom. The van der Waals surface area contributed by atoms with Gasteiger partial charge in [0.1, 0.15) is 18.7 Å². The molecule has 124 valence electrons. The molecule has 0 fully saturated rings. The summed E-state index contributed by atoms with van der Waals surface area (Å²) in [6.07, 6.45) is 2.52. The minimum atomic E-state index is 0.509. The van der Waals surface area contributed by atoms with Crippen molar-refractivity contribution in [3.63, 3.8) is 0 Å². The molecule has 6 heteroatoms. The van der Waals surface area contributed by atoms with Crippen LogP contribution in [0, 0.1) is 13.8 Å². The highest BCUT2D eigenvalue weighted by atomic mass is 15.3. The molecule has 0 saturated heterocycles. The van der Waals surface area contributed by atoms with Gasteiger partial charge in [0.2, 0.25) is 0 Å². The van der Waals surface area contributed by atoms with Gasteiger partial charge in [-0.25, -0.2) is 9.98 Å². The number of nitrogens with one attached hydrogen (secondary N) is 2. The fourth-order valence-electron chi connectivity index (χ4n) is 2.40. The third-order valence-electron chi connectivity index (χ3n) is 3.71. The van der Waals surface area contributed by atoms with Crippen LogP contribution in [0.1, 0.15) is 29.4 Å². The number of rotatable bonds is 6. The van der Waals surface area contributed by atoms with E-state index in [4.69, 9.17) is 0 Å². The summed E-state index contributed by atoms with van der Waals surface area (Å²) in [5.41, 5.74) is 4.01. The minimum absolute atomic E-state index is 0.509. The minimum Gasteiger partial charge on any atom is -0.357 e. The van der Waals surface area contributed by atoms with E-state index in [1.54, 1.807) is 11.0 Å². The average Bonchev–Trinajstić information content (AvgIpc) is 2.92. The van der Waals surface area contributed by atoms with Crippen molar-refractivity contribution in [3.05, 3.63) is 47.0 Å². The molecular formula is C17H26N6. The maximum absolute atomic E-state index is 4.56. The zero-order valence-corrected chi connectivity index (χ0v) is 14.4. The lowest BCUT2D eigenvalue weighted by molar-refractivity contribution is 0.697. The Kier molecular flexibility index (Phi) is 6.14. The van der Waals surface area contributed by atoms with Crippen molar-refractivity contribution in [2.75, 3.05) is 13.1 Å². The number of aliphatic imine (C=N–C) groups is 1. The molecule has 6 nitrogen and oxygen atoms in total. The fraction of sp³-hybridized carbons (Fsp3) is 0.471. The smallest absolute Gasteiger partial charge is 0.191 e. The van der Waals surface area contributed by atoms with Crippen LogP contribution in [0.25, 0.3) is 0 Å². The molecule has 1 aromatic carbocycles. The SMILES string of the molecule is CCNC(=NCc1ncnn1C)NCCc1ccc(C)cc1C. The molecule has 0 bridgehead atoms. The molecule has 2 N–H and O–H groups in total. The molecule has 0 spiro atoms. The standard InChI is InChI=1S/C17H26N6/c1-5-18-17(20-11-16-21-12-22-23(16)4)19-9-8-15-7-6-13(2)10-14(15)3/h6-7,10,12H,5,8-9,11H2,1-4H3,(H2,18,19,20). The highest BCUT2D eigenvalue weighted by molar-refractivity contribution is 5.79. The van der Waals surface area contributed by atoms with E-state index >= 15 is 0 Å². The van der Waals surface area contributed by atoms with Crippen LogP contribution >= 0.6 is 0 Å². The Labute approximate surface area is 138 Å². The van der Waals surface area contributed by atoms with Crippen LogP contribution in [0.4, 0.5) is 0 Å². The monoisotopic (exact) mass is 314 g/mol. The van der Waals surface area contributed by atoms with Crippen molar-refractivity contribution in [1.29, 1.82) is 0 Å². The molecule has 0 saturated carbocycles. The van der Waals surface area contributed by atoms with Crippen molar-refractivity contribution in [2.45, 2.75) is 33.7 Å². The molecule has 0 atom stereocenters. The lowest BCUT2D eigenvalue weighted by Gasteiger charge is -2.12. The summed E-state index contributed by atoms with van der Waals surface area (Å²) in [6.45, 7) is 8.52. The molecule has 2 rings (SSSR count). The zero-order valence-electron chi connectivity index (χ0n) is 14.4. The normalized spacial score (nSPS) is 11.6. The van der Waals surface area contributed by atoms with E-state index < -0.39 is 0 Å². The van der Waals surface area contributed by atoms with E-state index in [2.05, 4.69) is 64.7 Å². The van der Waals surface area contributed by atoms with Gasteiger partial charge in [0, 0.05) is 20.1 Å². The van der Waals surface area contributed by atoms with E-state index in [0.29, 0.717) is 6.54 Å². The van der Waals surface area contributed by atoms with Crippen molar-refractivity contribution in [3.8, 4) is 0 Å². The molecule has 23 heavy (non-hydrogen) atoms. The Morgan fingerprint density at radius 2 is 2.09 bits per heavy atom. The number of benzene rings is 1. The van der Waals surface area contributed by atoms with Crippen LogP contribution in [0.2, 0.25) is 0 Å². The summed E-state index contributed by atoms with van der Waals surface area (Å²) in [5.74, 6) is 1.65. The molecular weight excluding hydrogens is 288 g/mol. The first-order chi connectivity index (χ1) is 11.1. The van der Waals surface area contributed by atoms with Crippen molar-refractivity contribution in [2.24, 2.45) is 12.0 Å². The van der Waals surface area contributed by atoms with Crippen molar-refractivity contribution >= 4 is 5.96 Å². The third-order valence-corrected chi connectivity index (χ3v) is 3.71. The van der Waals surface area contributed by atoms with Gasteiger partial charge in [0.15, 0.2) is 5.96 Å². The zero-order chi connectivity index (χ0) is 16.7. The van der Waals surface area contributed by atoms with Gasteiger partial charge in [0.25, 0.3) is 0 Å². The van der Waals surface area contributed by atoms with Gasteiger partial charge >= 0.3 is 0 Å². The van der Waals surface area contributed by atoms with Crippen molar-refractivity contribution < 1.29 is 0 Å². The second-order valence-corrected chi connectivity index (χ2v) is 5.60. The van der Waals surface area contributed by atoms with Gasteiger partial charge in [-0.1, -0.05) is 23.8 Å². The van der Waals surface area contributed by atoms with Gasteiger partial charge in [-0.2, -0.15) is 5.10 Å². The molecule has 0 unspecified atom stereocenters. The summed E-state index contributed by atoms with van der Waals surface area (Å²) in [6, 6.07) is 6.59. The van der Waals surface area contributed by atoms with Crippen LogP contribution in [-0.2, 0) is 20.0 Å². The molecule has 0 aliphatic rings. The van der Waals surface area contributed by atoms with Crippen molar-refractivity contribution in [1.82, 2.24) is 25.4 Å². The molecule has 0 radical (unpaired) electrons.